The zero-order valence-corrected chi connectivity index (χ0v) is 15.2. The number of rotatable bonds is 7. The van der Waals surface area contributed by atoms with E-state index in [4.69, 9.17) is 0 Å². The van der Waals surface area contributed by atoms with Gasteiger partial charge in [-0.2, -0.15) is 4.72 Å². The van der Waals surface area contributed by atoms with Crippen LogP contribution >= 0.6 is 0 Å². The summed E-state index contributed by atoms with van der Waals surface area (Å²) in [5, 5.41) is 4.65. The Balaban J connectivity index is 1.70. The third-order valence-electron chi connectivity index (χ3n) is 3.82. The Labute approximate surface area is 155 Å². The normalized spacial score (nSPS) is 14.6. The summed E-state index contributed by atoms with van der Waals surface area (Å²) in [5.41, 5.74) is 0. The summed E-state index contributed by atoms with van der Waals surface area (Å²) in [6.07, 6.45) is 3.73. The van der Waals surface area contributed by atoms with Crippen molar-refractivity contribution in [3.05, 3.63) is 30.1 Å². The summed E-state index contributed by atoms with van der Waals surface area (Å²) < 4.78 is 43.4. The van der Waals surface area contributed by atoms with E-state index in [1.54, 1.807) is 0 Å². The molecule has 0 unspecified atom stereocenters. The minimum atomic E-state index is -4.10. The fraction of sp³-hybridized carbons (Fsp3) is 0.438. The second-order valence-corrected chi connectivity index (χ2v) is 7.71. The van der Waals surface area contributed by atoms with Crippen molar-refractivity contribution in [3.8, 4) is 0 Å². The van der Waals surface area contributed by atoms with Gasteiger partial charge in [-0.15, -0.1) is 0 Å². The number of nitrogens with one attached hydrogen (secondary N) is 3. The number of halogens is 1. The first-order valence-corrected chi connectivity index (χ1v) is 9.76. The molecule has 3 amide bonds. The number of benzene rings is 1. The van der Waals surface area contributed by atoms with Gasteiger partial charge >= 0.3 is 12.0 Å². The molecule has 0 heterocycles. The molecule has 0 aromatic heterocycles. The fourth-order valence-electron chi connectivity index (χ4n) is 2.52. The maximum atomic E-state index is 13.1. The smallest absolute Gasteiger partial charge is 0.321 e. The summed E-state index contributed by atoms with van der Waals surface area (Å²) in [6.45, 7) is -1.49. The average molecular weight is 401 g/mol. The first-order valence-electron chi connectivity index (χ1n) is 8.27. The topological polar surface area (TPSA) is 131 Å². The molecule has 1 aromatic rings. The molecule has 148 valence electrons. The van der Waals surface area contributed by atoms with Gasteiger partial charge in [0.2, 0.25) is 10.0 Å². The standard InChI is InChI=1S/C16H20FN3O6S/c17-11-4-3-7-13(8-11)27(24,25)18-9-15(22)26-10-14(21)20-16(23)19-12-5-1-2-6-12/h3-4,7-8,12,18H,1-2,5-6,9-10H2,(H2,19,20,21,23). The lowest BCUT2D eigenvalue weighted by molar-refractivity contribution is -0.147. The van der Waals surface area contributed by atoms with Gasteiger partial charge in [0.1, 0.15) is 12.4 Å². The van der Waals surface area contributed by atoms with Crippen LogP contribution in [-0.2, 0) is 24.3 Å². The first kappa shape index (κ1) is 20.8. The first-order chi connectivity index (χ1) is 12.8. The zero-order chi connectivity index (χ0) is 19.9. The number of urea groups is 1. The summed E-state index contributed by atoms with van der Waals surface area (Å²) in [4.78, 5) is 34.4. The Bertz CT molecular complexity index is 808. The molecule has 1 aliphatic rings. The molecular weight excluding hydrogens is 381 g/mol. The van der Waals surface area contributed by atoms with Gasteiger partial charge in [0.15, 0.2) is 6.61 Å². The molecule has 0 saturated heterocycles. The summed E-state index contributed by atoms with van der Waals surface area (Å²) >= 11 is 0. The van der Waals surface area contributed by atoms with Gasteiger partial charge in [0, 0.05) is 6.04 Å². The SMILES string of the molecule is O=C(COC(=O)CNS(=O)(=O)c1cccc(F)c1)NC(=O)NC1CCCC1. The quantitative estimate of drug-likeness (QED) is 0.568. The average Bonchev–Trinajstić information content (AvgIpc) is 3.11. The molecule has 11 heteroatoms. The highest BCUT2D eigenvalue weighted by Crippen LogP contribution is 2.17. The number of sulfonamides is 1. The van der Waals surface area contributed by atoms with Crippen LogP contribution in [0, 0.1) is 5.82 Å². The van der Waals surface area contributed by atoms with E-state index in [2.05, 4.69) is 10.1 Å². The fourth-order valence-corrected chi connectivity index (χ4v) is 3.52. The van der Waals surface area contributed by atoms with Crippen molar-refractivity contribution in [1.82, 2.24) is 15.4 Å². The number of hydrogen-bond donors (Lipinski definition) is 3. The molecule has 0 bridgehead atoms. The second-order valence-electron chi connectivity index (χ2n) is 5.95. The van der Waals surface area contributed by atoms with Crippen molar-refractivity contribution in [2.75, 3.05) is 13.2 Å². The molecule has 1 aliphatic carbocycles. The molecular formula is C16H20FN3O6S. The predicted molar refractivity (Wildman–Crippen MR) is 91.5 cm³/mol. The molecule has 27 heavy (non-hydrogen) atoms. The van der Waals surface area contributed by atoms with Gasteiger partial charge in [0.05, 0.1) is 4.90 Å². The van der Waals surface area contributed by atoms with Crippen LogP contribution in [0.5, 0.6) is 0 Å². The minimum Gasteiger partial charge on any atom is -0.455 e. The van der Waals surface area contributed by atoms with Gasteiger partial charge in [-0.1, -0.05) is 18.9 Å². The largest absolute Gasteiger partial charge is 0.455 e. The van der Waals surface area contributed by atoms with Crippen LogP contribution in [-0.4, -0.2) is 45.5 Å². The molecule has 9 nitrogen and oxygen atoms in total. The van der Waals surface area contributed by atoms with E-state index in [0.717, 1.165) is 43.9 Å². The Morgan fingerprint density at radius 1 is 1.19 bits per heavy atom. The lowest BCUT2D eigenvalue weighted by atomic mass is 10.2. The summed E-state index contributed by atoms with van der Waals surface area (Å²) in [5.74, 6) is -2.61. The maximum Gasteiger partial charge on any atom is 0.321 e. The minimum absolute atomic E-state index is 0.0255. The van der Waals surface area contributed by atoms with E-state index < -0.39 is 46.9 Å². The van der Waals surface area contributed by atoms with Crippen molar-refractivity contribution in [2.45, 2.75) is 36.6 Å². The van der Waals surface area contributed by atoms with Crippen LogP contribution in [0.2, 0.25) is 0 Å². The highest BCUT2D eigenvalue weighted by molar-refractivity contribution is 7.89. The van der Waals surface area contributed by atoms with Crippen molar-refractivity contribution in [3.63, 3.8) is 0 Å². The third kappa shape index (κ3) is 6.94. The van der Waals surface area contributed by atoms with Crippen LogP contribution in [0.3, 0.4) is 0 Å². The summed E-state index contributed by atoms with van der Waals surface area (Å²) in [6, 6.07) is 3.60. The molecule has 1 saturated carbocycles. The van der Waals surface area contributed by atoms with E-state index in [0.29, 0.717) is 0 Å². The molecule has 1 fully saturated rings. The van der Waals surface area contributed by atoms with Crippen molar-refractivity contribution < 1.29 is 31.9 Å². The molecule has 1 aromatic carbocycles. The third-order valence-corrected chi connectivity index (χ3v) is 5.22. The van der Waals surface area contributed by atoms with E-state index in [9.17, 15) is 27.2 Å². The highest BCUT2D eigenvalue weighted by atomic mass is 32.2. The molecule has 0 radical (unpaired) electrons. The predicted octanol–water partition coefficient (Wildman–Crippen LogP) is 0.416. The van der Waals surface area contributed by atoms with Crippen LogP contribution in [0.4, 0.5) is 9.18 Å². The molecule has 0 aliphatic heterocycles. The molecule has 2 rings (SSSR count). The van der Waals surface area contributed by atoms with E-state index >= 15 is 0 Å². The molecule has 0 spiro atoms. The Hall–Kier alpha value is -2.53. The van der Waals surface area contributed by atoms with Crippen molar-refractivity contribution >= 4 is 27.9 Å². The molecule has 0 atom stereocenters. The number of ether oxygens (including phenoxy) is 1. The molecule has 3 N–H and O–H groups in total. The number of carbonyl (C=O) groups excluding carboxylic acids is 3. The Morgan fingerprint density at radius 2 is 1.89 bits per heavy atom. The Morgan fingerprint density at radius 3 is 2.56 bits per heavy atom. The van der Waals surface area contributed by atoms with E-state index in [1.807, 2.05) is 10.0 Å². The van der Waals surface area contributed by atoms with Crippen molar-refractivity contribution in [2.24, 2.45) is 0 Å². The van der Waals surface area contributed by atoms with E-state index in [-0.39, 0.29) is 10.9 Å². The number of esters is 1. The monoisotopic (exact) mass is 401 g/mol. The van der Waals surface area contributed by atoms with Gasteiger partial charge in [-0.05, 0) is 31.0 Å². The van der Waals surface area contributed by atoms with Gasteiger partial charge in [-0.25, -0.2) is 17.6 Å². The van der Waals surface area contributed by atoms with Gasteiger partial charge in [0.25, 0.3) is 5.91 Å². The van der Waals surface area contributed by atoms with Crippen molar-refractivity contribution in [1.29, 1.82) is 0 Å². The van der Waals surface area contributed by atoms with Crippen LogP contribution in [0.1, 0.15) is 25.7 Å². The summed E-state index contributed by atoms with van der Waals surface area (Å²) in [7, 11) is -4.10. The Kier molecular flexibility index (Phi) is 7.25. The zero-order valence-electron chi connectivity index (χ0n) is 14.4. The number of imide groups is 1. The van der Waals surface area contributed by atoms with Crippen LogP contribution in [0.25, 0.3) is 0 Å². The van der Waals surface area contributed by atoms with Crippen LogP contribution in [0.15, 0.2) is 29.2 Å². The number of amides is 3. The van der Waals surface area contributed by atoms with E-state index in [1.165, 1.54) is 6.07 Å². The lowest BCUT2D eigenvalue weighted by Gasteiger charge is -2.12. The second kappa shape index (κ2) is 9.42. The van der Waals surface area contributed by atoms with Gasteiger partial charge < -0.3 is 10.1 Å². The number of hydrogen-bond acceptors (Lipinski definition) is 6. The lowest BCUT2D eigenvalue weighted by Crippen LogP contribution is -2.45. The van der Waals surface area contributed by atoms with Crippen LogP contribution < -0.4 is 15.4 Å². The number of carbonyl (C=O) groups is 3. The highest BCUT2D eigenvalue weighted by Gasteiger charge is 2.20. The van der Waals surface area contributed by atoms with Gasteiger partial charge in [-0.3, -0.25) is 14.9 Å². The maximum absolute atomic E-state index is 13.1.